The van der Waals surface area contributed by atoms with E-state index < -0.39 is 7.32 Å². The highest BCUT2D eigenvalue weighted by molar-refractivity contribution is 6.37. The molecule has 0 aromatic heterocycles. The molecule has 2 aromatic rings. The first-order valence-electron chi connectivity index (χ1n) is 4.52. The van der Waals surface area contributed by atoms with Crippen LogP contribution in [0, 0.1) is 0 Å². The third-order valence-electron chi connectivity index (χ3n) is 2.15. The molecule has 2 aromatic carbocycles. The average molecular weight is 238 g/mol. The van der Waals surface area contributed by atoms with Crippen molar-refractivity contribution < 1.29 is 19.8 Å². The number of rotatable bonds is 2. The molecule has 0 fully saturated rings. The molecule has 0 saturated heterocycles. The summed E-state index contributed by atoms with van der Waals surface area (Å²) in [5.41, 5.74) is 0. The lowest BCUT2D eigenvalue weighted by Gasteiger charge is -2.11. The maximum absolute atomic E-state index is 9.61. The van der Waals surface area contributed by atoms with Gasteiger partial charge in [-0.25, -0.2) is 0 Å². The lowest BCUT2D eigenvalue weighted by molar-refractivity contribution is 0.283. The summed E-state index contributed by atoms with van der Waals surface area (Å²) in [6.07, 6.45) is 0. The van der Waals surface area contributed by atoms with Crippen molar-refractivity contribution in [2.24, 2.45) is 0 Å². The Morgan fingerprint density at radius 3 is 2.38 bits per heavy atom. The minimum atomic E-state index is -1.99. The third kappa shape index (κ3) is 1.93. The summed E-state index contributed by atoms with van der Waals surface area (Å²) in [5, 5.41) is 28.7. The van der Waals surface area contributed by atoms with Gasteiger partial charge in [0.15, 0.2) is 11.5 Å². The van der Waals surface area contributed by atoms with Gasteiger partial charge < -0.3 is 19.8 Å². The molecule has 2 rings (SSSR count). The molecule has 0 aliphatic carbocycles. The van der Waals surface area contributed by atoms with Gasteiger partial charge in [-0.15, -0.1) is 0 Å². The van der Waals surface area contributed by atoms with Gasteiger partial charge in [0.2, 0.25) is 0 Å². The van der Waals surface area contributed by atoms with E-state index in [1.807, 2.05) is 0 Å². The first-order chi connectivity index (χ1) is 7.59. The molecule has 0 aliphatic heterocycles. The molecule has 0 aliphatic rings. The van der Waals surface area contributed by atoms with E-state index >= 15 is 0 Å². The topological polar surface area (TPSA) is 69.9 Å². The van der Waals surface area contributed by atoms with Gasteiger partial charge in [0.1, 0.15) is 0 Å². The molecule has 0 radical (unpaired) electrons. The molecular formula is C10H8BClO4. The van der Waals surface area contributed by atoms with Gasteiger partial charge in [-0.2, -0.15) is 0 Å². The maximum Gasteiger partial charge on any atom is 0.707 e. The molecule has 82 valence electrons. The van der Waals surface area contributed by atoms with Crippen LogP contribution in [0.5, 0.6) is 11.5 Å². The second-order valence-electron chi connectivity index (χ2n) is 3.20. The van der Waals surface area contributed by atoms with Crippen molar-refractivity contribution in [3.63, 3.8) is 0 Å². The van der Waals surface area contributed by atoms with Crippen molar-refractivity contribution in [2.45, 2.75) is 0 Å². The van der Waals surface area contributed by atoms with Crippen LogP contribution in [-0.4, -0.2) is 22.5 Å². The summed E-state index contributed by atoms with van der Waals surface area (Å²) in [5.74, 6) is -0.244. The number of hydrogen-bond acceptors (Lipinski definition) is 4. The van der Waals surface area contributed by atoms with Crippen LogP contribution in [0.3, 0.4) is 0 Å². The SMILES string of the molecule is OB(O)Oc1c(O)cc(Cl)c2ccccc12. The van der Waals surface area contributed by atoms with Crippen LogP contribution in [0.2, 0.25) is 5.02 Å². The van der Waals surface area contributed by atoms with Crippen LogP contribution in [0.1, 0.15) is 0 Å². The highest BCUT2D eigenvalue weighted by Gasteiger charge is 2.18. The summed E-state index contributed by atoms with van der Waals surface area (Å²) in [4.78, 5) is 0. The van der Waals surface area contributed by atoms with Crippen LogP contribution >= 0.6 is 11.6 Å². The smallest absolute Gasteiger partial charge is 0.509 e. The van der Waals surface area contributed by atoms with E-state index in [4.69, 9.17) is 26.3 Å². The summed E-state index contributed by atoms with van der Waals surface area (Å²) < 4.78 is 4.72. The van der Waals surface area contributed by atoms with E-state index in [2.05, 4.69) is 0 Å². The second kappa shape index (κ2) is 4.21. The zero-order chi connectivity index (χ0) is 11.7. The van der Waals surface area contributed by atoms with Crippen LogP contribution in [-0.2, 0) is 0 Å². The lowest BCUT2D eigenvalue weighted by Crippen LogP contribution is -2.20. The maximum atomic E-state index is 9.61. The van der Waals surface area contributed by atoms with Crippen LogP contribution < -0.4 is 4.65 Å². The molecule has 0 saturated carbocycles. The summed E-state index contributed by atoms with van der Waals surface area (Å²) in [7, 11) is -1.99. The molecule has 16 heavy (non-hydrogen) atoms. The van der Waals surface area contributed by atoms with Crippen LogP contribution in [0.4, 0.5) is 0 Å². The largest absolute Gasteiger partial charge is 0.707 e. The van der Waals surface area contributed by atoms with Gasteiger partial charge in [-0.1, -0.05) is 35.9 Å². The molecule has 0 spiro atoms. The number of phenolic OH excluding ortho intramolecular Hbond substituents is 1. The van der Waals surface area contributed by atoms with Crippen molar-refractivity contribution >= 4 is 29.7 Å². The Hall–Kier alpha value is -1.43. The van der Waals surface area contributed by atoms with E-state index in [1.54, 1.807) is 24.3 Å². The van der Waals surface area contributed by atoms with Crippen molar-refractivity contribution in [3.8, 4) is 11.5 Å². The first kappa shape index (κ1) is 11.1. The fraction of sp³-hybridized carbons (Fsp3) is 0. The highest BCUT2D eigenvalue weighted by Crippen LogP contribution is 2.39. The van der Waals surface area contributed by atoms with Gasteiger partial charge in [0, 0.05) is 16.8 Å². The summed E-state index contributed by atoms with van der Waals surface area (Å²) >= 11 is 5.93. The molecule has 0 amide bonds. The first-order valence-corrected chi connectivity index (χ1v) is 4.90. The number of phenols is 1. The molecule has 0 bridgehead atoms. The van der Waals surface area contributed by atoms with Gasteiger partial charge in [-0.3, -0.25) is 0 Å². The quantitative estimate of drug-likeness (QED) is 0.694. The Morgan fingerprint density at radius 2 is 1.75 bits per heavy atom. The minimum absolute atomic E-state index is 0.00463. The number of benzene rings is 2. The van der Waals surface area contributed by atoms with Gasteiger partial charge >= 0.3 is 7.32 Å². The predicted octanol–water partition coefficient (Wildman–Crippen LogP) is 1.55. The van der Waals surface area contributed by atoms with Crippen molar-refractivity contribution in [1.29, 1.82) is 0 Å². The van der Waals surface area contributed by atoms with E-state index in [0.29, 0.717) is 15.8 Å². The van der Waals surface area contributed by atoms with E-state index in [0.717, 1.165) is 0 Å². The monoisotopic (exact) mass is 238 g/mol. The Balaban J connectivity index is 2.71. The molecule has 6 heteroatoms. The summed E-state index contributed by atoms with van der Waals surface area (Å²) in [6, 6.07) is 8.22. The predicted molar refractivity (Wildman–Crippen MR) is 61.4 cm³/mol. The standard InChI is InChI=1S/C10H8BClO4/c12-8-5-9(13)10(16-11(14)15)7-4-2-1-3-6(7)8/h1-5,13-15H. The van der Waals surface area contributed by atoms with Crippen LogP contribution in [0.15, 0.2) is 30.3 Å². The minimum Gasteiger partial charge on any atom is -0.509 e. The average Bonchev–Trinajstić information content (AvgIpc) is 2.24. The van der Waals surface area contributed by atoms with E-state index in [-0.39, 0.29) is 11.5 Å². The molecule has 4 nitrogen and oxygen atoms in total. The van der Waals surface area contributed by atoms with Crippen molar-refractivity contribution in [2.75, 3.05) is 0 Å². The zero-order valence-electron chi connectivity index (χ0n) is 8.09. The number of aromatic hydroxyl groups is 1. The molecule has 0 unspecified atom stereocenters. The van der Waals surface area contributed by atoms with Gasteiger partial charge in [0.05, 0.1) is 5.02 Å². The van der Waals surface area contributed by atoms with Crippen molar-refractivity contribution in [3.05, 3.63) is 35.4 Å². The van der Waals surface area contributed by atoms with Gasteiger partial charge in [0.25, 0.3) is 0 Å². The molecule has 0 heterocycles. The van der Waals surface area contributed by atoms with Crippen molar-refractivity contribution in [1.82, 2.24) is 0 Å². The summed E-state index contributed by atoms with van der Waals surface area (Å²) in [6.45, 7) is 0. The normalized spacial score (nSPS) is 10.4. The number of hydrogen-bond donors (Lipinski definition) is 3. The van der Waals surface area contributed by atoms with Crippen LogP contribution in [0.25, 0.3) is 10.8 Å². The Kier molecular flexibility index (Phi) is 2.91. The highest BCUT2D eigenvalue weighted by atomic mass is 35.5. The third-order valence-corrected chi connectivity index (χ3v) is 2.46. The second-order valence-corrected chi connectivity index (χ2v) is 3.60. The number of halogens is 1. The van der Waals surface area contributed by atoms with Gasteiger partial charge in [-0.05, 0) is 0 Å². The zero-order valence-corrected chi connectivity index (χ0v) is 8.85. The lowest BCUT2D eigenvalue weighted by atomic mass is 10.1. The molecular weight excluding hydrogens is 230 g/mol. The Labute approximate surface area is 96.8 Å². The molecule has 0 atom stereocenters. The number of fused-ring (bicyclic) bond motifs is 1. The Bertz CT molecular complexity index is 529. The fourth-order valence-electron chi connectivity index (χ4n) is 1.52. The Morgan fingerprint density at radius 1 is 1.12 bits per heavy atom. The van der Waals surface area contributed by atoms with E-state index in [9.17, 15) is 5.11 Å². The fourth-order valence-corrected chi connectivity index (χ4v) is 1.79. The van der Waals surface area contributed by atoms with E-state index in [1.165, 1.54) is 6.07 Å². The molecule has 3 N–H and O–H groups in total.